The van der Waals surface area contributed by atoms with Crippen molar-refractivity contribution >= 4 is 11.7 Å². The van der Waals surface area contributed by atoms with Crippen LogP contribution in [-0.4, -0.2) is 37.1 Å². The molecule has 0 saturated carbocycles. The summed E-state index contributed by atoms with van der Waals surface area (Å²) in [6.45, 7) is 7.98. The molecule has 0 spiro atoms. The third kappa shape index (κ3) is 4.23. The van der Waals surface area contributed by atoms with Crippen molar-refractivity contribution in [3.63, 3.8) is 0 Å². The molecule has 1 aliphatic heterocycles. The number of benzene rings is 1. The van der Waals surface area contributed by atoms with Crippen LogP contribution in [0, 0.1) is 12.8 Å². The van der Waals surface area contributed by atoms with Gasteiger partial charge >= 0.3 is 6.03 Å². The van der Waals surface area contributed by atoms with Gasteiger partial charge in [-0.2, -0.15) is 0 Å². The molecule has 4 heteroatoms. The Balaban J connectivity index is 1.78. The zero-order valence-corrected chi connectivity index (χ0v) is 12.5. The quantitative estimate of drug-likeness (QED) is 0.887. The third-order valence-electron chi connectivity index (χ3n) is 3.89. The molecule has 2 N–H and O–H groups in total. The fourth-order valence-corrected chi connectivity index (χ4v) is 2.53. The summed E-state index contributed by atoms with van der Waals surface area (Å²) in [5, 5.41) is 6.36. The Labute approximate surface area is 121 Å². The predicted molar refractivity (Wildman–Crippen MR) is 83.0 cm³/mol. The molecule has 0 aliphatic carbocycles. The molecule has 0 bridgehead atoms. The lowest BCUT2D eigenvalue weighted by atomic mass is 9.97. The van der Waals surface area contributed by atoms with E-state index < -0.39 is 0 Å². The summed E-state index contributed by atoms with van der Waals surface area (Å²) in [4.78, 5) is 14.1. The monoisotopic (exact) mass is 275 g/mol. The fraction of sp³-hybridized carbons (Fsp3) is 0.562. The molecule has 2 amide bonds. The van der Waals surface area contributed by atoms with Crippen LogP contribution in [0.3, 0.4) is 0 Å². The van der Waals surface area contributed by atoms with E-state index in [0.717, 1.165) is 44.7 Å². The molecule has 0 atom stereocenters. The first-order valence-electron chi connectivity index (χ1n) is 7.52. The number of rotatable bonds is 4. The van der Waals surface area contributed by atoms with Gasteiger partial charge in [0.1, 0.15) is 0 Å². The van der Waals surface area contributed by atoms with Crippen molar-refractivity contribution in [1.29, 1.82) is 0 Å². The first kappa shape index (κ1) is 14.9. The molecule has 0 radical (unpaired) electrons. The van der Waals surface area contributed by atoms with Crippen LogP contribution in [0.2, 0.25) is 0 Å². The Kier molecular flexibility index (Phi) is 5.41. The molecule has 1 saturated heterocycles. The first-order chi connectivity index (χ1) is 9.69. The molecule has 1 aromatic carbocycles. The summed E-state index contributed by atoms with van der Waals surface area (Å²) in [6.07, 6.45) is 2.18. The molecule has 20 heavy (non-hydrogen) atoms. The Morgan fingerprint density at radius 1 is 1.25 bits per heavy atom. The molecule has 2 rings (SSSR count). The molecule has 1 aliphatic rings. The Morgan fingerprint density at radius 3 is 2.50 bits per heavy atom. The lowest BCUT2D eigenvalue weighted by molar-refractivity contribution is 0.182. The highest BCUT2D eigenvalue weighted by atomic mass is 16.2. The number of carbonyl (C=O) groups is 1. The van der Waals surface area contributed by atoms with Gasteiger partial charge in [0.15, 0.2) is 0 Å². The topological polar surface area (TPSA) is 44.4 Å². The van der Waals surface area contributed by atoms with E-state index >= 15 is 0 Å². The zero-order chi connectivity index (χ0) is 14.4. The number of urea groups is 1. The maximum absolute atomic E-state index is 12.2. The van der Waals surface area contributed by atoms with Crippen LogP contribution in [0.1, 0.15) is 25.3 Å². The van der Waals surface area contributed by atoms with Gasteiger partial charge in [0.2, 0.25) is 0 Å². The van der Waals surface area contributed by atoms with Crippen LogP contribution in [0.25, 0.3) is 0 Å². The van der Waals surface area contributed by atoms with Gasteiger partial charge in [0.25, 0.3) is 0 Å². The number of hydrogen-bond acceptors (Lipinski definition) is 2. The summed E-state index contributed by atoms with van der Waals surface area (Å²) >= 11 is 0. The average Bonchev–Trinajstić information content (AvgIpc) is 2.48. The highest BCUT2D eigenvalue weighted by Gasteiger charge is 2.22. The van der Waals surface area contributed by atoms with Crippen LogP contribution >= 0.6 is 0 Å². The summed E-state index contributed by atoms with van der Waals surface area (Å²) in [5.41, 5.74) is 2.07. The molecular formula is C16H25N3O. The summed E-state index contributed by atoms with van der Waals surface area (Å²) < 4.78 is 0. The maximum atomic E-state index is 12.2. The predicted octanol–water partition coefficient (Wildman–Crippen LogP) is 2.85. The van der Waals surface area contributed by atoms with Crippen LogP contribution in [0.4, 0.5) is 10.5 Å². The number of carbonyl (C=O) groups excluding carboxylic acids is 1. The smallest absolute Gasteiger partial charge is 0.321 e. The van der Waals surface area contributed by atoms with Crippen molar-refractivity contribution < 1.29 is 4.79 Å². The SMILES string of the molecule is CCNCC1CCN(C(=O)Nc2ccc(C)cc2)CC1. The van der Waals surface area contributed by atoms with Crippen LogP contribution in [0.5, 0.6) is 0 Å². The normalized spacial score (nSPS) is 16.2. The average molecular weight is 275 g/mol. The van der Waals surface area contributed by atoms with E-state index in [9.17, 15) is 4.79 Å². The number of amides is 2. The highest BCUT2D eigenvalue weighted by molar-refractivity contribution is 5.89. The van der Waals surface area contributed by atoms with Gasteiger partial charge in [-0.25, -0.2) is 4.79 Å². The number of anilines is 1. The Morgan fingerprint density at radius 2 is 1.90 bits per heavy atom. The van der Waals surface area contributed by atoms with E-state index in [2.05, 4.69) is 17.6 Å². The molecule has 0 unspecified atom stereocenters. The van der Waals surface area contributed by atoms with Crippen molar-refractivity contribution in [2.24, 2.45) is 5.92 Å². The molecule has 0 aromatic heterocycles. The number of aryl methyl sites for hydroxylation is 1. The van der Waals surface area contributed by atoms with Gasteiger partial charge in [-0.05, 0) is 50.9 Å². The van der Waals surface area contributed by atoms with Crippen LogP contribution < -0.4 is 10.6 Å². The van der Waals surface area contributed by atoms with Crippen molar-refractivity contribution in [3.05, 3.63) is 29.8 Å². The van der Waals surface area contributed by atoms with Gasteiger partial charge in [-0.1, -0.05) is 24.6 Å². The molecule has 1 heterocycles. The second-order valence-electron chi connectivity index (χ2n) is 5.53. The van der Waals surface area contributed by atoms with E-state index in [1.54, 1.807) is 0 Å². The minimum absolute atomic E-state index is 0.0238. The number of nitrogens with one attached hydrogen (secondary N) is 2. The standard InChI is InChI=1S/C16H25N3O/c1-3-17-12-14-8-10-19(11-9-14)16(20)18-15-6-4-13(2)5-7-15/h4-7,14,17H,3,8-12H2,1-2H3,(H,18,20). The van der Waals surface area contributed by atoms with Gasteiger partial charge in [0, 0.05) is 18.8 Å². The van der Waals surface area contributed by atoms with Crippen molar-refractivity contribution in [1.82, 2.24) is 10.2 Å². The first-order valence-corrected chi connectivity index (χ1v) is 7.52. The molecular weight excluding hydrogens is 250 g/mol. The summed E-state index contributed by atoms with van der Waals surface area (Å²) in [7, 11) is 0. The largest absolute Gasteiger partial charge is 0.325 e. The lowest BCUT2D eigenvalue weighted by Gasteiger charge is -2.32. The number of likely N-dealkylation sites (tertiary alicyclic amines) is 1. The number of nitrogens with zero attached hydrogens (tertiary/aromatic N) is 1. The van der Waals surface area contributed by atoms with Crippen molar-refractivity contribution in [2.45, 2.75) is 26.7 Å². The van der Waals surface area contributed by atoms with E-state index in [4.69, 9.17) is 0 Å². The summed E-state index contributed by atoms with van der Waals surface area (Å²) in [5.74, 6) is 0.707. The Hall–Kier alpha value is -1.55. The number of hydrogen-bond donors (Lipinski definition) is 2. The van der Waals surface area contributed by atoms with Gasteiger partial charge < -0.3 is 15.5 Å². The van der Waals surface area contributed by atoms with E-state index in [0.29, 0.717) is 5.92 Å². The maximum Gasteiger partial charge on any atom is 0.321 e. The van der Waals surface area contributed by atoms with E-state index in [-0.39, 0.29) is 6.03 Å². The van der Waals surface area contributed by atoms with Gasteiger partial charge in [0.05, 0.1) is 0 Å². The van der Waals surface area contributed by atoms with Crippen molar-refractivity contribution in [3.8, 4) is 0 Å². The lowest BCUT2D eigenvalue weighted by Crippen LogP contribution is -2.42. The van der Waals surface area contributed by atoms with E-state index in [1.165, 1.54) is 5.56 Å². The second-order valence-corrected chi connectivity index (χ2v) is 5.53. The molecule has 1 aromatic rings. The fourth-order valence-electron chi connectivity index (χ4n) is 2.53. The Bertz CT molecular complexity index is 422. The minimum Gasteiger partial charge on any atom is -0.325 e. The van der Waals surface area contributed by atoms with Crippen LogP contribution in [-0.2, 0) is 0 Å². The highest BCUT2D eigenvalue weighted by Crippen LogP contribution is 2.17. The van der Waals surface area contributed by atoms with Crippen LogP contribution in [0.15, 0.2) is 24.3 Å². The van der Waals surface area contributed by atoms with Gasteiger partial charge in [-0.3, -0.25) is 0 Å². The summed E-state index contributed by atoms with van der Waals surface area (Å²) in [6, 6.07) is 7.95. The molecule has 1 fully saturated rings. The zero-order valence-electron chi connectivity index (χ0n) is 12.5. The second kappa shape index (κ2) is 7.29. The number of piperidine rings is 1. The minimum atomic E-state index is 0.0238. The van der Waals surface area contributed by atoms with E-state index in [1.807, 2.05) is 36.1 Å². The molecule has 4 nitrogen and oxygen atoms in total. The van der Waals surface area contributed by atoms with Crippen molar-refractivity contribution in [2.75, 3.05) is 31.5 Å². The third-order valence-corrected chi connectivity index (χ3v) is 3.89. The van der Waals surface area contributed by atoms with Gasteiger partial charge in [-0.15, -0.1) is 0 Å². The molecule has 110 valence electrons.